The minimum absolute atomic E-state index is 0.156. The smallest absolute Gasteiger partial charge is 0.212 e. The lowest BCUT2D eigenvalue weighted by Crippen LogP contribution is -2.06. The molecule has 1 heterocycles. The molecule has 0 radical (unpaired) electrons. The fourth-order valence-corrected chi connectivity index (χ4v) is 3.34. The van der Waals surface area contributed by atoms with E-state index in [4.69, 9.17) is 9.47 Å². The summed E-state index contributed by atoms with van der Waals surface area (Å²) in [6.45, 7) is 0. The van der Waals surface area contributed by atoms with Gasteiger partial charge in [-0.1, -0.05) is 54.6 Å². The Hall–Kier alpha value is -3.66. The first-order valence-corrected chi connectivity index (χ1v) is 8.93. The molecule has 0 aliphatic rings. The van der Waals surface area contributed by atoms with Gasteiger partial charge in [0.05, 0.1) is 14.2 Å². The molecule has 0 fully saturated rings. The number of hydrogen-bond donors (Lipinski definition) is 0. The van der Waals surface area contributed by atoms with Crippen LogP contribution in [0.15, 0.2) is 79.0 Å². The van der Waals surface area contributed by atoms with Gasteiger partial charge in [0.1, 0.15) is 5.69 Å². The Morgan fingerprint density at radius 1 is 0.786 bits per heavy atom. The Labute approximate surface area is 163 Å². The van der Waals surface area contributed by atoms with Gasteiger partial charge in [0.2, 0.25) is 5.78 Å². The number of carbonyl (C=O) groups is 1. The van der Waals surface area contributed by atoms with E-state index < -0.39 is 0 Å². The number of ether oxygens (including phenoxy) is 2. The zero-order valence-electron chi connectivity index (χ0n) is 15.7. The van der Waals surface area contributed by atoms with Gasteiger partial charge in [-0.3, -0.25) is 9.78 Å². The third-order valence-electron chi connectivity index (χ3n) is 4.74. The molecule has 0 N–H and O–H groups in total. The van der Waals surface area contributed by atoms with Crippen LogP contribution in [0, 0.1) is 0 Å². The van der Waals surface area contributed by atoms with Crippen LogP contribution in [0.25, 0.3) is 21.9 Å². The number of nitrogens with zero attached hydrogens (tertiary/aromatic N) is 1. The van der Waals surface area contributed by atoms with Gasteiger partial charge < -0.3 is 9.47 Å². The first-order valence-electron chi connectivity index (χ1n) is 8.93. The summed E-state index contributed by atoms with van der Waals surface area (Å²) in [6.07, 6.45) is 1.77. The van der Waals surface area contributed by atoms with E-state index in [0.717, 1.165) is 21.9 Å². The van der Waals surface area contributed by atoms with Gasteiger partial charge >= 0.3 is 0 Å². The summed E-state index contributed by atoms with van der Waals surface area (Å²) in [5.74, 6) is 0.937. The van der Waals surface area contributed by atoms with E-state index in [1.165, 1.54) is 0 Å². The molecule has 1 aromatic heterocycles. The van der Waals surface area contributed by atoms with Crippen LogP contribution < -0.4 is 9.47 Å². The summed E-state index contributed by atoms with van der Waals surface area (Å²) < 4.78 is 10.6. The van der Waals surface area contributed by atoms with Crippen LogP contribution in [-0.4, -0.2) is 25.0 Å². The maximum absolute atomic E-state index is 13.2. The maximum Gasteiger partial charge on any atom is 0.212 e. The molecule has 0 saturated heterocycles. The Kier molecular flexibility index (Phi) is 4.77. The van der Waals surface area contributed by atoms with Crippen molar-refractivity contribution >= 4 is 16.6 Å². The second kappa shape index (κ2) is 7.53. The molecule has 0 aliphatic carbocycles. The largest absolute Gasteiger partial charge is 0.493 e. The molecule has 0 spiro atoms. The number of fused-ring (bicyclic) bond motifs is 1. The molecule has 28 heavy (non-hydrogen) atoms. The minimum Gasteiger partial charge on any atom is -0.493 e. The average Bonchev–Trinajstić information content (AvgIpc) is 2.78. The molecule has 4 heteroatoms. The molecule has 0 atom stereocenters. The molecule has 4 aromatic rings. The summed E-state index contributed by atoms with van der Waals surface area (Å²) in [5, 5.41) is 1.82. The highest BCUT2D eigenvalue weighted by Gasteiger charge is 2.18. The van der Waals surface area contributed by atoms with Gasteiger partial charge in [-0.15, -0.1) is 0 Å². The van der Waals surface area contributed by atoms with Crippen molar-refractivity contribution in [2.24, 2.45) is 0 Å². The van der Waals surface area contributed by atoms with Crippen LogP contribution in [0.2, 0.25) is 0 Å². The number of hydrogen-bond acceptors (Lipinski definition) is 4. The van der Waals surface area contributed by atoms with E-state index in [2.05, 4.69) is 4.98 Å². The van der Waals surface area contributed by atoms with Gasteiger partial charge in [0.15, 0.2) is 11.5 Å². The number of carbonyl (C=O) groups excluding carboxylic acids is 1. The molecular weight excluding hydrogens is 350 g/mol. The fraction of sp³-hybridized carbons (Fsp3) is 0.0833. The van der Waals surface area contributed by atoms with Gasteiger partial charge in [0.25, 0.3) is 0 Å². The van der Waals surface area contributed by atoms with Crippen LogP contribution in [0.1, 0.15) is 16.1 Å². The van der Waals surface area contributed by atoms with E-state index in [1.54, 1.807) is 38.6 Å². The van der Waals surface area contributed by atoms with Crippen molar-refractivity contribution in [1.29, 1.82) is 0 Å². The number of aromatic nitrogens is 1. The Morgan fingerprint density at radius 2 is 1.46 bits per heavy atom. The third-order valence-corrected chi connectivity index (χ3v) is 4.74. The number of rotatable bonds is 5. The van der Waals surface area contributed by atoms with Crippen molar-refractivity contribution in [1.82, 2.24) is 4.98 Å². The van der Waals surface area contributed by atoms with Crippen molar-refractivity contribution in [2.45, 2.75) is 0 Å². The molecule has 138 valence electrons. The van der Waals surface area contributed by atoms with Crippen LogP contribution >= 0.6 is 0 Å². The van der Waals surface area contributed by atoms with Crippen LogP contribution in [-0.2, 0) is 0 Å². The Balaban J connectivity index is 1.85. The highest BCUT2D eigenvalue weighted by Crippen LogP contribution is 2.32. The van der Waals surface area contributed by atoms with Crippen molar-refractivity contribution < 1.29 is 14.3 Å². The third kappa shape index (κ3) is 3.09. The predicted octanol–water partition coefficient (Wildman–Crippen LogP) is 5.15. The molecular formula is C24H19NO3. The van der Waals surface area contributed by atoms with Crippen molar-refractivity contribution in [3.63, 3.8) is 0 Å². The van der Waals surface area contributed by atoms with Crippen molar-refractivity contribution in [2.75, 3.05) is 14.2 Å². The Bertz CT molecular complexity index is 1150. The number of pyridine rings is 1. The summed E-state index contributed by atoms with van der Waals surface area (Å²) in [7, 11) is 3.12. The quantitative estimate of drug-likeness (QED) is 0.457. The van der Waals surface area contributed by atoms with Crippen LogP contribution in [0.4, 0.5) is 0 Å². The number of methoxy groups -OCH3 is 2. The summed E-state index contributed by atoms with van der Waals surface area (Å²) in [6, 6.07) is 23.0. The molecule has 3 aromatic carbocycles. The Morgan fingerprint density at radius 3 is 2.18 bits per heavy atom. The number of ketones is 1. The second-order valence-electron chi connectivity index (χ2n) is 6.33. The summed E-state index contributed by atoms with van der Waals surface area (Å²) in [4.78, 5) is 17.8. The molecule has 0 unspecified atom stereocenters. The van der Waals surface area contributed by atoms with E-state index in [1.807, 2.05) is 54.6 Å². The first kappa shape index (κ1) is 17.7. The maximum atomic E-state index is 13.2. The SMILES string of the molecule is COc1ccc(C(=O)c2ncc(-c3ccccc3)c3ccccc23)cc1OC. The fourth-order valence-electron chi connectivity index (χ4n) is 3.34. The second-order valence-corrected chi connectivity index (χ2v) is 6.33. The van der Waals surface area contributed by atoms with Crippen molar-refractivity contribution in [3.05, 3.63) is 90.3 Å². The van der Waals surface area contributed by atoms with Gasteiger partial charge in [-0.25, -0.2) is 0 Å². The molecule has 0 bridgehead atoms. The van der Waals surface area contributed by atoms with Gasteiger partial charge in [0, 0.05) is 22.7 Å². The van der Waals surface area contributed by atoms with Crippen LogP contribution in [0.5, 0.6) is 11.5 Å². The molecule has 0 aliphatic heterocycles. The molecule has 0 amide bonds. The normalized spacial score (nSPS) is 10.6. The predicted molar refractivity (Wildman–Crippen MR) is 110 cm³/mol. The highest BCUT2D eigenvalue weighted by atomic mass is 16.5. The lowest BCUT2D eigenvalue weighted by atomic mass is 9.96. The van der Waals surface area contributed by atoms with Gasteiger partial charge in [-0.05, 0) is 29.1 Å². The van der Waals surface area contributed by atoms with E-state index in [-0.39, 0.29) is 5.78 Å². The van der Waals surface area contributed by atoms with E-state index in [0.29, 0.717) is 22.8 Å². The van der Waals surface area contributed by atoms with E-state index in [9.17, 15) is 4.79 Å². The lowest BCUT2D eigenvalue weighted by molar-refractivity contribution is 0.103. The average molecular weight is 369 g/mol. The van der Waals surface area contributed by atoms with E-state index >= 15 is 0 Å². The molecule has 0 saturated carbocycles. The lowest BCUT2D eigenvalue weighted by Gasteiger charge is -2.12. The standard InChI is InChI=1S/C24H19NO3/c1-27-21-13-12-17(14-22(21)28-2)24(26)23-19-11-7-6-10-18(19)20(15-25-23)16-8-4-3-5-9-16/h3-15H,1-2H3. The summed E-state index contributed by atoms with van der Waals surface area (Å²) in [5.41, 5.74) is 2.99. The minimum atomic E-state index is -0.156. The highest BCUT2D eigenvalue weighted by molar-refractivity contribution is 6.16. The number of benzene rings is 3. The zero-order valence-corrected chi connectivity index (χ0v) is 15.7. The molecule has 4 rings (SSSR count). The topological polar surface area (TPSA) is 48.4 Å². The van der Waals surface area contributed by atoms with Gasteiger partial charge in [-0.2, -0.15) is 0 Å². The first-order chi connectivity index (χ1) is 13.7. The molecule has 4 nitrogen and oxygen atoms in total. The zero-order chi connectivity index (χ0) is 19.5. The van der Waals surface area contributed by atoms with Crippen molar-refractivity contribution in [3.8, 4) is 22.6 Å². The monoisotopic (exact) mass is 369 g/mol. The van der Waals surface area contributed by atoms with Crippen LogP contribution in [0.3, 0.4) is 0 Å². The summed E-state index contributed by atoms with van der Waals surface area (Å²) >= 11 is 0.